The van der Waals surface area contributed by atoms with Crippen LogP contribution in [-0.2, 0) is 28.6 Å². The molecule has 0 aliphatic rings. The second kappa shape index (κ2) is 77.1. The van der Waals surface area contributed by atoms with Gasteiger partial charge in [0.25, 0.3) is 0 Å². The third-order valence-electron chi connectivity index (χ3n) is 9.12. The van der Waals surface area contributed by atoms with Crippen LogP contribution in [0.2, 0.25) is 0 Å². The van der Waals surface area contributed by atoms with Crippen molar-refractivity contribution in [1.29, 1.82) is 0 Å². The van der Waals surface area contributed by atoms with E-state index in [1.807, 2.05) is 41.7 Å². The summed E-state index contributed by atoms with van der Waals surface area (Å²) in [6, 6.07) is 4.71. The summed E-state index contributed by atoms with van der Waals surface area (Å²) in [6.07, 6.45) is 3.20. The van der Waals surface area contributed by atoms with E-state index in [0.29, 0.717) is 100 Å². The van der Waals surface area contributed by atoms with Crippen LogP contribution >= 0.6 is 0 Å². The fourth-order valence-electron chi connectivity index (χ4n) is 4.06. The van der Waals surface area contributed by atoms with Crippen molar-refractivity contribution in [2.24, 2.45) is 0 Å². The molecule has 0 aromatic heterocycles. The van der Waals surface area contributed by atoms with Gasteiger partial charge in [-0.2, -0.15) is 0 Å². The zero-order valence-corrected chi connectivity index (χ0v) is 54.3. The van der Waals surface area contributed by atoms with Gasteiger partial charge in [0.05, 0.1) is 39.3 Å². The number of ether oxygens (including phenoxy) is 3. The lowest BCUT2D eigenvalue weighted by Gasteiger charge is -2.18. The number of methoxy groups -OCH3 is 2. The minimum absolute atomic E-state index is 0.0909. The minimum Gasteiger partial charge on any atom is -0.481 e. The lowest BCUT2D eigenvalue weighted by Crippen LogP contribution is -2.28. The SMILES string of the molecule is CC(C)N(C)C.CC(C)N(C)CCO.CC(C)NCCC(=O)O.CC(C)NCCCO.CC(C)NCCO.CCOC(=O)CCNC(C)C.CNC(=O)CCNC(C)C.COCCCNC(C)C.COCCNC(C)C. The summed E-state index contributed by atoms with van der Waals surface area (Å²) in [4.78, 5) is 35.6. The zero-order valence-electron chi connectivity index (χ0n) is 54.3. The molecule has 20 nitrogen and oxygen atoms in total. The van der Waals surface area contributed by atoms with Crippen LogP contribution in [0.15, 0.2) is 0 Å². The van der Waals surface area contributed by atoms with Crippen LogP contribution in [0.25, 0.3) is 0 Å². The van der Waals surface area contributed by atoms with Gasteiger partial charge in [-0.05, 0) is 81.7 Å². The average Bonchev–Trinajstić information content (AvgIpc) is 3.31. The highest BCUT2D eigenvalue weighted by molar-refractivity contribution is 5.75. The molecule has 0 saturated carbocycles. The zero-order chi connectivity index (χ0) is 61.3. The number of likely N-dealkylation sites (N-methyl/N-ethyl adjacent to an activating group) is 1. The number of carboxylic acid groups (broad SMARTS) is 1. The molecule has 0 rings (SSSR count). The quantitative estimate of drug-likeness (QED) is 0.0312. The first kappa shape index (κ1) is 93.2. The molecule has 0 aliphatic carbocycles. The molecule has 0 unspecified atom stereocenters. The molecule has 0 aromatic carbocycles. The molecule has 0 spiro atoms. The molecule has 0 saturated heterocycles. The second-order valence-electron chi connectivity index (χ2n) is 20.4. The second-order valence-corrected chi connectivity index (χ2v) is 20.4. The van der Waals surface area contributed by atoms with Gasteiger partial charge in [-0.25, -0.2) is 0 Å². The van der Waals surface area contributed by atoms with Crippen molar-refractivity contribution in [1.82, 2.24) is 52.3 Å². The number of hydrogen-bond donors (Lipinski definition) is 12. The van der Waals surface area contributed by atoms with Crippen molar-refractivity contribution in [3.63, 3.8) is 0 Å². The van der Waals surface area contributed by atoms with Gasteiger partial charge in [0, 0.05) is 135 Å². The first-order valence-corrected chi connectivity index (χ1v) is 28.3. The number of carboxylic acids is 1. The normalized spacial score (nSPS) is 10.5. The number of esters is 1. The van der Waals surface area contributed by atoms with Crippen molar-refractivity contribution in [3.05, 3.63) is 0 Å². The maximum Gasteiger partial charge on any atom is 0.307 e. The van der Waals surface area contributed by atoms with E-state index in [2.05, 4.69) is 163 Å². The summed E-state index contributed by atoms with van der Waals surface area (Å²) in [7, 11) is 11.2. The Kier molecular flexibility index (Phi) is 94.5. The Hall–Kier alpha value is -2.15. The van der Waals surface area contributed by atoms with Crippen LogP contribution in [0.1, 0.15) is 164 Å². The number of amides is 1. The third-order valence-corrected chi connectivity index (χ3v) is 9.12. The van der Waals surface area contributed by atoms with Gasteiger partial charge in [0.1, 0.15) is 0 Å². The molecule has 468 valence electrons. The molecule has 76 heavy (non-hydrogen) atoms. The Morgan fingerprint density at radius 3 is 1.09 bits per heavy atom. The third kappa shape index (κ3) is 134. The van der Waals surface area contributed by atoms with Crippen LogP contribution in [0.5, 0.6) is 0 Å². The number of carbonyl (C=O) groups is 3. The summed E-state index contributed by atoms with van der Waals surface area (Å²) >= 11 is 0. The van der Waals surface area contributed by atoms with Crippen molar-refractivity contribution in [2.75, 3.05) is 134 Å². The highest BCUT2D eigenvalue weighted by atomic mass is 16.5. The number of nitrogens with zero attached hydrogens (tertiary/aromatic N) is 2. The molecule has 0 heterocycles. The highest BCUT2D eigenvalue weighted by Crippen LogP contribution is 1.90. The molecule has 1 amide bonds. The summed E-state index contributed by atoms with van der Waals surface area (Å²) in [5.74, 6) is -0.781. The Labute approximate surface area is 470 Å². The predicted molar refractivity (Wildman–Crippen MR) is 325 cm³/mol. The molecular weight excluding hydrogens is 973 g/mol. The first-order valence-electron chi connectivity index (χ1n) is 28.3. The number of aliphatic carboxylic acids is 1. The van der Waals surface area contributed by atoms with Crippen LogP contribution in [-0.4, -0.2) is 237 Å². The van der Waals surface area contributed by atoms with E-state index < -0.39 is 5.97 Å². The lowest BCUT2D eigenvalue weighted by atomic mass is 10.3. The number of carbonyl (C=O) groups excluding carboxylic acids is 2. The monoisotopic (exact) mass is 1110 g/mol. The van der Waals surface area contributed by atoms with E-state index >= 15 is 0 Å². The molecule has 20 heteroatoms. The maximum atomic E-state index is 10.8. The summed E-state index contributed by atoms with van der Waals surface area (Å²) in [5.41, 5.74) is 0. The highest BCUT2D eigenvalue weighted by Gasteiger charge is 2.02. The van der Waals surface area contributed by atoms with Gasteiger partial charge in [0.15, 0.2) is 0 Å². The van der Waals surface area contributed by atoms with Crippen LogP contribution in [0.4, 0.5) is 0 Å². The molecule has 0 aliphatic heterocycles. The number of rotatable bonds is 33. The molecule has 12 N–H and O–H groups in total. The lowest BCUT2D eigenvalue weighted by molar-refractivity contribution is -0.143. The fraction of sp³-hybridized carbons (Fsp3) is 0.946. The minimum atomic E-state index is -0.747. The van der Waals surface area contributed by atoms with E-state index in [1.165, 1.54) is 0 Å². The van der Waals surface area contributed by atoms with Crippen molar-refractivity contribution in [2.45, 2.75) is 218 Å². The number of hydrogen-bond acceptors (Lipinski definition) is 18. The predicted octanol–water partition coefficient (Wildman–Crippen LogP) is 4.79. The Balaban J connectivity index is -0.0000000954. The van der Waals surface area contributed by atoms with Crippen molar-refractivity contribution < 1.29 is 49.0 Å². The number of aliphatic hydroxyl groups excluding tert-OH is 3. The van der Waals surface area contributed by atoms with Gasteiger partial charge < -0.3 is 87.0 Å². The Morgan fingerprint density at radius 1 is 0.461 bits per heavy atom. The van der Waals surface area contributed by atoms with Gasteiger partial charge in [-0.1, -0.05) is 96.9 Å². The Bertz CT molecular complexity index is 1060. The molecule has 0 atom stereocenters. The van der Waals surface area contributed by atoms with Crippen molar-refractivity contribution >= 4 is 17.8 Å². The molecule has 0 radical (unpaired) electrons. The fourth-order valence-corrected chi connectivity index (χ4v) is 4.06. The largest absolute Gasteiger partial charge is 0.481 e. The molecule has 0 bridgehead atoms. The summed E-state index contributed by atoms with van der Waals surface area (Å²) < 4.78 is 14.5. The van der Waals surface area contributed by atoms with Crippen LogP contribution in [0.3, 0.4) is 0 Å². The first-order chi connectivity index (χ1) is 35.4. The smallest absolute Gasteiger partial charge is 0.307 e. The topological polar surface area (TPSA) is 263 Å². The van der Waals surface area contributed by atoms with E-state index in [0.717, 1.165) is 58.8 Å². The van der Waals surface area contributed by atoms with Gasteiger partial charge in [-0.3, -0.25) is 14.4 Å². The van der Waals surface area contributed by atoms with Crippen LogP contribution in [0, 0.1) is 0 Å². The Morgan fingerprint density at radius 2 is 0.816 bits per heavy atom. The average molecular weight is 1110 g/mol. The van der Waals surface area contributed by atoms with E-state index in [-0.39, 0.29) is 31.5 Å². The number of nitrogens with one attached hydrogen (secondary N) is 8. The van der Waals surface area contributed by atoms with Gasteiger partial charge in [-0.15, -0.1) is 0 Å². The summed E-state index contributed by atoms with van der Waals surface area (Å²) in [5, 5.41) is 57.8. The molecular formula is C56H134N10O10. The van der Waals surface area contributed by atoms with E-state index in [9.17, 15) is 14.4 Å². The maximum absolute atomic E-state index is 10.8. The van der Waals surface area contributed by atoms with Crippen LogP contribution < -0.4 is 42.5 Å². The van der Waals surface area contributed by atoms with E-state index in [1.54, 1.807) is 21.3 Å². The van der Waals surface area contributed by atoms with E-state index in [4.69, 9.17) is 34.6 Å². The molecule has 0 aromatic rings. The number of aliphatic hydroxyl groups is 3. The van der Waals surface area contributed by atoms with Gasteiger partial charge in [0.2, 0.25) is 5.91 Å². The van der Waals surface area contributed by atoms with Gasteiger partial charge >= 0.3 is 11.9 Å². The standard InChI is InChI=1S/C8H17NO2.C7H16N2O.C7H17NO.C6H13NO2.3C6H15NO.C5H13NO.C5H13N/c1-4-11-8(10)5-6-9-7(2)3;1-6(2)9-5-4-7(10)8-3;1-7(2)8-5-4-6-9-3;1-5(2)7-4-3-6(8)9;1-6(2)7-4-5-8-3;1-6(2)7(3)4-5-8;1-6(2)7-4-3-5-8;1-5(2)6-3-4-7;1-5(2)6(3)4/h7,9H,4-6H2,1-3H3;6,9H,4-5H2,1-3H3,(H,8,10);7-8H,4-6H2,1-3H3;5,7H,3-4H2,1-2H3,(H,8,9);6-7H,4-5H2,1-3H3;6,8H,4-5H2,1-3H3;6-8H,3-5H2,1-2H3;5-7H,3-4H2,1-2H3;5H,1-4H3. The molecule has 0 fully saturated rings. The van der Waals surface area contributed by atoms with Crippen molar-refractivity contribution in [3.8, 4) is 0 Å². The summed E-state index contributed by atoms with van der Waals surface area (Å²) in [6.45, 7) is 48.7.